The number of para-hydroxylation sites is 1. The van der Waals surface area contributed by atoms with E-state index in [1.165, 1.54) is 12.1 Å². The third kappa shape index (κ3) is 5.11. The van der Waals surface area contributed by atoms with Crippen LogP contribution in [0.4, 0.5) is 0 Å². The van der Waals surface area contributed by atoms with Crippen molar-refractivity contribution in [3.8, 4) is 5.75 Å². The number of benzene rings is 1. The first-order valence-corrected chi connectivity index (χ1v) is 6.10. The molecule has 0 spiro atoms. The van der Waals surface area contributed by atoms with Gasteiger partial charge in [-0.2, -0.15) is 0 Å². The molecule has 8 nitrogen and oxygen atoms in total. The fourth-order valence-corrected chi connectivity index (χ4v) is 1.56. The normalized spacial score (nSPS) is 11.5. The molecule has 0 aromatic heterocycles. The van der Waals surface area contributed by atoms with Gasteiger partial charge in [0.1, 0.15) is 11.8 Å². The lowest BCUT2D eigenvalue weighted by Crippen LogP contribution is -2.43. The first-order valence-electron chi connectivity index (χ1n) is 6.10. The summed E-state index contributed by atoms with van der Waals surface area (Å²) in [5.74, 6) is -2.51. The van der Waals surface area contributed by atoms with E-state index in [1.807, 2.05) is 0 Å². The minimum atomic E-state index is -1.25. The van der Waals surface area contributed by atoms with Crippen molar-refractivity contribution in [3.05, 3.63) is 29.8 Å². The number of aliphatic hydroxyl groups is 1. The molecule has 0 aliphatic carbocycles. The van der Waals surface area contributed by atoms with Gasteiger partial charge in [0, 0.05) is 13.0 Å². The van der Waals surface area contributed by atoms with Crippen LogP contribution in [-0.2, 0) is 9.59 Å². The zero-order chi connectivity index (χ0) is 15.8. The minimum absolute atomic E-state index is 0.112. The highest BCUT2D eigenvalue weighted by Crippen LogP contribution is 2.16. The van der Waals surface area contributed by atoms with E-state index in [9.17, 15) is 14.4 Å². The minimum Gasteiger partial charge on any atom is -0.483 e. The van der Waals surface area contributed by atoms with Crippen molar-refractivity contribution in [3.63, 3.8) is 0 Å². The summed E-state index contributed by atoms with van der Waals surface area (Å²) in [6, 6.07) is 4.91. The Morgan fingerprint density at radius 2 is 1.95 bits per heavy atom. The molecule has 21 heavy (non-hydrogen) atoms. The maximum Gasteiger partial charge on any atom is 0.326 e. The van der Waals surface area contributed by atoms with E-state index in [0.717, 1.165) is 0 Å². The van der Waals surface area contributed by atoms with Crippen LogP contribution in [0, 0.1) is 0 Å². The number of hydrogen-bond donors (Lipinski definition) is 4. The predicted molar refractivity (Wildman–Crippen MR) is 71.7 cm³/mol. The van der Waals surface area contributed by atoms with Gasteiger partial charge in [0.15, 0.2) is 6.61 Å². The van der Waals surface area contributed by atoms with Crippen LogP contribution in [0.5, 0.6) is 5.75 Å². The number of primary amides is 1. The summed E-state index contributed by atoms with van der Waals surface area (Å²) < 4.78 is 5.15. The number of rotatable bonds is 8. The molecule has 0 radical (unpaired) electrons. The second-order valence-corrected chi connectivity index (χ2v) is 4.12. The number of carbonyl (C=O) groups excluding carboxylic acids is 2. The van der Waals surface area contributed by atoms with Gasteiger partial charge < -0.3 is 26.0 Å². The van der Waals surface area contributed by atoms with Crippen LogP contribution in [0.3, 0.4) is 0 Å². The summed E-state index contributed by atoms with van der Waals surface area (Å²) in [5, 5.41) is 19.7. The number of carboxylic acids is 1. The van der Waals surface area contributed by atoms with Gasteiger partial charge in [0.25, 0.3) is 11.8 Å². The lowest BCUT2D eigenvalue weighted by Gasteiger charge is -2.14. The largest absolute Gasteiger partial charge is 0.483 e. The third-order valence-electron chi connectivity index (χ3n) is 2.56. The molecule has 2 amide bonds. The highest BCUT2D eigenvalue weighted by molar-refractivity contribution is 5.95. The van der Waals surface area contributed by atoms with Crippen LogP contribution in [0.2, 0.25) is 0 Å². The van der Waals surface area contributed by atoms with Gasteiger partial charge in [0.2, 0.25) is 0 Å². The van der Waals surface area contributed by atoms with Gasteiger partial charge >= 0.3 is 5.97 Å². The van der Waals surface area contributed by atoms with E-state index < -0.39 is 30.4 Å². The monoisotopic (exact) mass is 296 g/mol. The second kappa shape index (κ2) is 7.85. The van der Waals surface area contributed by atoms with Crippen LogP contribution >= 0.6 is 0 Å². The van der Waals surface area contributed by atoms with Crippen LogP contribution in [0.1, 0.15) is 16.8 Å². The number of carbonyl (C=O) groups is 3. The summed E-state index contributed by atoms with van der Waals surface area (Å²) in [7, 11) is 0. The molecule has 0 saturated carbocycles. The smallest absolute Gasteiger partial charge is 0.326 e. The molecule has 0 saturated heterocycles. The number of aliphatic carboxylic acids is 1. The maximum absolute atomic E-state index is 11.6. The summed E-state index contributed by atoms with van der Waals surface area (Å²) >= 11 is 0. The summed E-state index contributed by atoms with van der Waals surface area (Å²) in [5.41, 5.74) is 5.28. The quantitative estimate of drug-likeness (QED) is 0.491. The molecule has 8 heteroatoms. The van der Waals surface area contributed by atoms with Gasteiger partial charge in [-0.05, 0) is 12.1 Å². The molecule has 0 heterocycles. The molecule has 0 fully saturated rings. The number of amides is 2. The molecule has 1 aromatic rings. The molecular weight excluding hydrogens is 280 g/mol. The van der Waals surface area contributed by atoms with Crippen LogP contribution in [0.25, 0.3) is 0 Å². The van der Waals surface area contributed by atoms with E-state index in [2.05, 4.69) is 5.32 Å². The van der Waals surface area contributed by atoms with Crippen molar-refractivity contribution < 1.29 is 29.3 Å². The highest BCUT2D eigenvalue weighted by atomic mass is 16.5. The lowest BCUT2D eigenvalue weighted by molar-refractivity contribution is -0.142. The number of nitrogens with one attached hydrogen (secondary N) is 1. The number of nitrogens with two attached hydrogens (primary N) is 1. The molecule has 5 N–H and O–H groups in total. The van der Waals surface area contributed by atoms with Crippen LogP contribution in [0.15, 0.2) is 24.3 Å². The molecular formula is C13H16N2O6. The fourth-order valence-electron chi connectivity index (χ4n) is 1.56. The van der Waals surface area contributed by atoms with Crippen molar-refractivity contribution in [2.75, 3.05) is 13.2 Å². The van der Waals surface area contributed by atoms with Crippen molar-refractivity contribution in [2.45, 2.75) is 12.5 Å². The number of carboxylic acid groups (broad SMARTS) is 1. The van der Waals surface area contributed by atoms with Crippen molar-refractivity contribution in [2.24, 2.45) is 5.73 Å². The average molecular weight is 296 g/mol. The Kier molecular flexibility index (Phi) is 6.15. The Balaban J connectivity index is 2.61. The molecule has 1 aromatic carbocycles. The van der Waals surface area contributed by atoms with E-state index in [-0.39, 0.29) is 24.3 Å². The Labute approximate surface area is 120 Å². The van der Waals surface area contributed by atoms with Gasteiger partial charge in [-0.1, -0.05) is 12.1 Å². The predicted octanol–water partition coefficient (Wildman–Crippen LogP) is -0.884. The standard InChI is InChI=1S/C13H16N2O6/c14-12(18)8-3-1-2-4-10(8)21-7-11(17)15-9(5-6-16)13(19)20/h1-4,9,16H,5-7H2,(H2,14,18)(H,15,17)(H,19,20)/t9-/m0/s1. The second-order valence-electron chi connectivity index (χ2n) is 4.12. The molecule has 1 atom stereocenters. The van der Waals surface area contributed by atoms with Crippen molar-refractivity contribution in [1.82, 2.24) is 5.32 Å². The van der Waals surface area contributed by atoms with Gasteiger partial charge in [-0.3, -0.25) is 9.59 Å². The Bertz CT molecular complexity index is 531. The Morgan fingerprint density at radius 3 is 2.52 bits per heavy atom. The number of hydrogen-bond acceptors (Lipinski definition) is 5. The maximum atomic E-state index is 11.6. The SMILES string of the molecule is NC(=O)c1ccccc1OCC(=O)N[C@@H](CCO)C(=O)O. The summed E-state index contributed by atoms with van der Waals surface area (Å²) in [4.78, 5) is 33.6. The zero-order valence-corrected chi connectivity index (χ0v) is 11.1. The molecule has 114 valence electrons. The summed E-state index contributed by atoms with van der Waals surface area (Å²) in [6.45, 7) is -0.845. The molecule has 0 aliphatic heterocycles. The lowest BCUT2D eigenvalue weighted by atomic mass is 10.2. The van der Waals surface area contributed by atoms with Crippen LogP contribution < -0.4 is 15.8 Å². The van der Waals surface area contributed by atoms with E-state index in [4.69, 9.17) is 20.7 Å². The highest BCUT2D eigenvalue weighted by Gasteiger charge is 2.19. The van der Waals surface area contributed by atoms with Crippen molar-refractivity contribution >= 4 is 17.8 Å². The van der Waals surface area contributed by atoms with Gasteiger partial charge in [0.05, 0.1) is 5.56 Å². The fraction of sp³-hybridized carbons (Fsp3) is 0.308. The first kappa shape index (κ1) is 16.4. The molecule has 0 aliphatic rings. The van der Waals surface area contributed by atoms with Crippen molar-refractivity contribution in [1.29, 1.82) is 0 Å². The number of ether oxygens (including phenoxy) is 1. The number of aliphatic hydroxyl groups excluding tert-OH is 1. The van der Waals surface area contributed by atoms with Gasteiger partial charge in [-0.25, -0.2) is 4.79 Å². The van der Waals surface area contributed by atoms with E-state index in [1.54, 1.807) is 12.1 Å². The van der Waals surface area contributed by atoms with Crippen LogP contribution in [-0.4, -0.2) is 47.3 Å². The third-order valence-corrected chi connectivity index (χ3v) is 2.56. The van der Waals surface area contributed by atoms with E-state index >= 15 is 0 Å². The topological polar surface area (TPSA) is 139 Å². The van der Waals surface area contributed by atoms with E-state index in [0.29, 0.717) is 0 Å². The average Bonchev–Trinajstić information content (AvgIpc) is 2.44. The summed E-state index contributed by atoms with van der Waals surface area (Å²) in [6.07, 6.45) is -0.112. The molecule has 1 rings (SSSR count). The Hall–Kier alpha value is -2.61. The molecule has 0 unspecified atom stereocenters. The zero-order valence-electron chi connectivity index (χ0n) is 11.1. The Morgan fingerprint density at radius 1 is 1.29 bits per heavy atom. The van der Waals surface area contributed by atoms with Gasteiger partial charge in [-0.15, -0.1) is 0 Å². The molecule has 0 bridgehead atoms. The first-order chi connectivity index (χ1) is 9.95.